The first kappa shape index (κ1) is 11.9. The summed E-state index contributed by atoms with van der Waals surface area (Å²) in [5, 5.41) is 5.38. The lowest BCUT2D eigenvalue weighted by atomic mass is 10.3. The zero-order chi connectivity index (χ0) is 10.4. The maximum Gasteiger partial charge on any atom is 0.239 e. The van der Waals surface area contributed by atoms with Crippen LogP contribution in [0.3, 0.4) is 0 Å². The van der Waals surface area contributed by atoms with Gasteiger partial charge in [-0.05, 0) is 6.92 Å². The largest absolute Gasteiger partial charge is 0.368 e. The second-order valence-electron chi connectivity index (χ2n) is 3.23. The van der Waals surface area contributed by atoms with Crippen molar-refractivity contribution < 1.29 is 9.59 Å². The number of rotatable bonds is 5. The molecule has 13 heavy (non-hydrogen) atoms. The van der Waals surface area contributed by atoms with Crippen molar-refractivity contribution in [3.8, 4) is 0 Å². The van der Waals surface area contributed by atoms with Gasteiger partial charge in [-0.15, -0.1) is 0 Å². The number of nitrogens with one attached hydrogen (secondary N) is 2. The van der Waals surface area contributed by atoms with Crippen molar-refractivity contribution in [1.82, 2.24) is 10.6 Å². The van der Waals surface area contributed by atoms with Crippen molar-refractivity contribution >= 4 is 11.8 Å². The van der Waals surface area contributed by atoms with Crippen LogP contribution < -0.4 is 16.4 Å². The van der Waals surface area contributed by atoms with Crippen molar-refractivity contribution in [2.24, 2.45) is 5.73 Å². The lowest BCUT2D eigenvalue weighted by Gasteiger charge is -2.11. The van der Waals surface area contributed by atoms with Crippen LogP contribution in [0.15, 0.2) is 0 Å². The molecule has 5 heteroatoms. The van der Waals surface area contributed by atoms with E-state index in [-0.39, 0.29) is 18.5 Å². The summed E-state index contributed by atoms with van der Waals surface area (Å²) in [6.07, 6.45) is 0. The van der Waals surface area contributed by atoms with E-state index < -0.39 is 11.9 Å². The summed E-state index contributed by atoms with van der Waals surface area (Å²) in [5.74, 6) is -0.752. The van der Waals surface area contributed by atoms with E-state index in [1.54, 1.807) is 6.92 Å². The molecule has 5 nitrogen and oxygen atoms in total. The molecule has 0 aromatic heterocycles. The summed E-state index contributed by atoms with van der Waals surface area (Å²) in [4.78, 5) is 21.6. The third-order valence-corrected chi connectivity index (χ3v) is 1.48. The van der Waals surface area contributed by atoms with Gasteiger partial charge in [0, 0.05) is 6.04 Å². The van der Waals surface area contributed by atoms with Crippen LogP contribution in [0.4, 0.5) is 0 Å². The highest BCUT2D eigenvalue weighted by molar-refractivity contribution is 5.86. The summed E-state index contributed by atoms with van der Waals surface area (Å²) >= 11 is 0. The SMILES string of the molecule is CC(C)NCC(=O)NC(C)C(N)=O. The van der Waals surface area contributed by atoms with Crippen LogP contribution in [0.25, 0.3) is 0 Å². The summed E-state index contributed by atoms with van der Waals surface area (Å²) in [5.41, 5.74) is 4.97. The molecular weight excluding hydrogens is 170 g/mol. The van der Waals surface area contributed by atoms with Crippen LogP contribution in [-0.2, 0) is 9.59 Å². The smallest absolute Gasteiger partial charge is 0.239 e. The van der Waals surface area contributed by atoms with Crippen LogP contribution in [0.1, 0.15) is 20.8 Å². The molecule has 76 valence electrons. The van der Waals surface area contributed by atoms with E-state index in [1.165, 1.54) is 0 Å². The Labute approximate surface area is 78.1 Å². The molecule has 0 aliphatic carbocycles. The van der Waals surface area contributed by atoms with Gasteiger partial charge < -0.3 is 16.4 Å². The summed E-state index contributed by atoms with van der Waals surface area (Å²) < 4.78 is 0. The Morgan fingerprint density at radius 3 is 2.23 bits per heavy atom. The van der Waals surface area contributed by atoms with Crippen molar-refractivity contribution in [2.75, 3.05) is 6.54 Å². The van der Waals surface area contributed by atoms with Gasteiger partial charge in [0.25, 0.3) is 0 Å². The fourth-order valence-electron chi connectivity index (χ4n) is 0.660. The van der Waals surface area contributed by atoms with Crippen molar-refractivity contribution in [1.29, 1.82) is 0 Å². The van der Waals surface area contributed by atoms with E-state index in [9.17, 15) is 9.59 Å². The van der Waals surface area contributed by atoms with Crippen LogP contribution in [0.5, 0.6) is 0 Å². The van der Waals surface area contributed by atoms with E-state index >= 15 is 0 Å². The monoisotopic (exact) mass is 187 g/mol. The molecule has 0 bridgehead atoms. The fourth-order valence-corrected chi connectivity index (χ4v) is 0.660. The predicted molar refractivity (Wildman–Crippen MR) is 49.9 cm³/mol. The van der Waals surface area contributed by atoms with E-state index in [0.29, 0.717) is 0 Å². The summed E-state index contributed by atoms with van der Waals surface area (Å²) in [6, 6.07) is -0.365. The normalized spacial score (nSPS) is 12.6. The molecule has 0 saturated carbocycles. The number of hydrogen-bond acceptors (Lipinski definition) is 3. The number of amides is 2. The Morgan fingerprint density at radius 2 is 1.85 bits per heavy atom. The zero-order valence-corrected chi connectivity index (χ0v) is 8.26. The van der Waals surface area contributed by atoms with Crippen molar-refractivity contribution in [3.05, 3.63) is 0 Å². The van der Waals surface area contributed by atoms with E-state index in [1.807, 2.05) is 13.8 Å². The minimum absolute atomic E-state index is 0.204. The first-order valence-corrected chi connectivity index (χ1v) is 4.25. The second kappa shape index (κ2) is 5.53. The van der Waals surface area contributed by atoms with Crippen LogP contribution in [-0.4, -0.2) is 30.4 Å². The average Bonchev–Trinajstić information content (AvgIpc) is 2.00. The Balaban J connectivity index is 3.68. The van der Waals surface area contributed by atoms with Gasteiger partial charge >= 0.3 is 0 Å². The Morgan fingerprint density at radius 1 is 1.31 bits per heavy atom. The zero-order valence-electron chi connectivity index (χ0n) is 8.26. The van der Waals surface area contributed by atoms with Gasteiger partial charge in [0.15, 0.2) is 0 Å². The Bertz CT molecular complexity index is 192. The van der Waals surface area contributed by atoms with Gasteiger partial charge in [-0.1, -0.05) is 13.8 Å². The lowest BCUT2D eigenvalue weighted by molar-refractivity contribution is -0.126. The molecule has 0 fully saturated rings. The Kier molecular flexibility index (Phi) is 5.06. The third kappa shape index (κ3) is 6.10. The minimum atomic E-state index is -0.610. The average molecular weight is 187 g/mol. The van der Waals surface area contributed by atoms with Gasteiger partial charge in [-0.25, -0.2) is 0 Å². The van der Waals surface area contributed by atoms with Gasteiger partial charge in [-0.3, -0.25) is 9.59 Å². The van der Waals surface area contributed by atoms with E-state index in [4.69, 9.17) is 5.73 Å². The van der Waals surface area contributed by atoms with Crippen molar-refractivity contribution in [2.45, 2.75) is 32.9 Å². The molecule has 0 aliphatic rings. The highest BCUT2D eigenvalue weighted by Crippen LogP contribution is 1.80. The molecule has 0 aliphatic heterocycles. The first-order valence-electron chi connectivity index (χ1n) is 4.25. The highest BCUT2D eigenvalue weighted by Gasteiger charge is 2.11. The van der Waals surface area contributed by atoms with Crippen LogP contribution >= 0.6 is 0 Å². The second-order valence-corrected chi connectivity index (χ2v) is 3.23. The van der Waals surface area contributed by atoms with E-state index in [0.717, 1.165) is 0 Å². The topological polar surface area (TPSA) is 84.2 Å². The molecule has 0 spiro atoms. The first-order chi connectivity index (χ1) is 5.93. The predicted octanol–water partition coefficient (Wildman–Crippen LogP) is -1.03. The lowest BCUT2D eigenvalue weighted by Crippen LogP contribution is -2.46. The molecule has 1 unspecified atom stereocenters. The maximum absolute atomic E-state index is 11.1. The number of carbonyl (C=O) groups is 2. The minimum Gasteiger partial charge on any atom is -0.368 e. The molecule has 4 N–H and O–H groups in total. The third-order valence-electron chi connectivity index (χ3n) is 1.48. The molecule has 0 rings (SSSR count). The molecule has 0 saturated heterocycles. The van der Waals surface area contributed by atoms with Gasteiger partial charge in [0.1, 0.15) is 6.04 Å². The molecule has 0 aromatic rings. The number of hydrogen-bond donors (Lipinski definition) is 3. The van der Waals surface area contributed by atoms with Gasteiger partial charge in [0.05, 0.1) is 6.54 Å². The molecule has 1 atom stereocenters. The van der Waals surface area contributed by atoms with Crippen LogP contribution in [0, 0.1) is 0 Å². The number of nitrogens with two attached hydrogens (primary N) is 1. The Hall–Kier alpha value is -1.10. The van der Waals surface area contributed by atoms with Crippen LogP contribution in [0.2, 0.25) is 0 Å². The van der Waals surface area contributed by atoms with Gasteiger partial charge in [0.2, 0.25) is 11.8 Å². The fraction of sp³-hybridized carbons (Fsp3) is 0.750. The van der Waals surface area contributed by atoms with E-state index in [2.05, 4.69) is 10.6 Å². The highest BCUT2D eigenvalue weighted by atomic mass is 16.2. The summed E-state index contributed by atoms with van der Waals surface area (Å²) in [6.45, 7) is 5.63. The number of carbonyl (C=O) groups excluding carboxylic acids is 2. The van der Waals surface area contributed by atoms with Gasteiger partial charge in [-0.2, -0.15) is 0 Å². The molecule has 2 amide bonds. The van der Waals surface area contributed by atoms with Crippen molar-refractivity contribution in [3.63, 3.8) is 0 Å². The maximum atomic E-state index is 11.1. The standard InChI is InChI=1S/C8H17N3O2/c1-5(2)10-4-7(12)11-6(3)8(9)13/h5-6,10H,4H2,1-3H3,(H2,9,13)(H,11,12). The quantitative estimate of drug-likeness (QED) is 0.515. The number of primary amides is 1. The molecule has 0 aromatic carbocycles. The molecule has 0 heterocycles. The summed E-state index contributed by atoms with van der Waals surface area (Å²) in [7, 11) is 0. The molecule has 0 radical (unpaired) electrons. The molecular formula is C8H17N3O2.